The maximum atomic E-state index is 14.0. The molecule has 6 nitrogen and oxygen atoms in total. The molecule has 0 spiro atoms. The fourth-order valence-electron chi connectivity index (χ4n) is 7.17. The second-order valence-corrected chi connectivity index (χ2v) is 24.7. The van der Waals surface area contributed by atoms with Crippen molar-refractivity contribution in [3.8, 4) is 0 Å². The SMILES string of the molecule is CCCCCCCCCCC(CCS)C(=O)[O][Sn]([CH2]C)([O]C(=O)C(CCS)CCCCCCCCCC)[O]C(=O)C(CCS)CCCCCCCCCC. The molecule has 0 heterocycles. The van der Waals surface area contributed by atoms with Crippen LogP contribution in [0.15, 0.2) is 0 Å². The van der Waals surface area contributed by atoms with Gasteiger partial charge in [0.05, 0.1) is 0 Å². The molecule has 0 aliphatic carbocycles. The van der Waals surface area contributed by atoms with Gasteiger partial charge in [0.2, 0.25) is 0 Å². The van der Waals surface area contributed by atoms with E-state index in [1.165, 1.54) is 96.3 Å². The van der Waals surface area contributed by atoms with Crippen LogP contribution in [-0.2, 0) is 23.6 Å². The van der Waals surface area contributed by atoms with Crippen molar-refractivity contribution >= 4 is 75.4 Å². The molecule has 0 aliphatic rings. The fraction of sp³-hybridized carbons (Fsp3) is 0.932. The van der Waals surface area contributed by atoms with Crippen LogP contribution < -0.4 is 0 Å². The predicted molar refractivity (Wildman–Crippen MR) is 242 cm³/mol. The van der Waals surface area contributed by atoms with Crippen LogP contribution in [0, 0.1) is 17.8 Å². The Hall–Kier alpha value is 0.259. The second-order valence-electron chi connectivity index (χ2n) is 15.7. The first-order valence-electron chi connectivity index (χ1n) is 22.8. The zero-order valence-corrected chi connectivity index (χ0v) is 41.1. The standard InChI is InChI=1S/3C14H28O2S.C2H5.Sn/c3*1-2-3-4-5-6-7-8-9-10-13(11-12-17)14(15)16;1-2;/h3*13,17H,2-12H2,1H3,(H,15,16);1H2,2H3;/q;;;;+3/p-3. The van der Waals surface area contributed by atoms with E-state index in [1.807, 2.05) is 6.92 Å². The van der Waals surface area contributed by atoms with Gasteiger partial charge in [-0.25, -0.2) is 0 Å². The van der Waals surface area contributed by atoms with Crippen LogP contribution in [0.3, 0.4) is 0 Å². The van der Waals surface area contributed by atoms with Crippen LogP contribution >= 0.6 is 37.9 Å². The van der Waals surface area contributed by atoms with Gasteiger partial charge < -0.3 is 0 Å². The number of unbranched alkanes of at least 4 members (excludes halogenated alkanes) is 21. The van der Waals surface area contributed by atoms with Gasteiger partial charge in [-0.05, 0) is 0 Å². The first-order chi connectivity index (χ1) is 26.3. The van der Waals surface area contributed by atoms with Gasteiger partial charge in [-0.15, -0.1) is 0 Å². The first kappa shape index (κ1) is 54.3. The topological polar surface area (TPSA) is 78.9 Å². The molecule has 0 N–H and O–H groups in total. The Balaban J connectivity index is 5.84. The molecule has 3 unspecified atom stereocenters. The van der Waals surface area contributed by atoms with Crippen LogP contribution in [0.2, 0.25) is 4.44 Å². The minimum Gasteiger partial charge on any atom is -0.0654 e. The molecular formula is C44H86O6S3Sn. The molecule has 0 fully saturated rings. The Labute approximate surface area is 356 Å². The Morgan fingerprint density at radius 2 is 0.593 bits per heavy atom. The summed E-state index contributed by atoms with van der Waals surface area (Å²) in [7, 11) is 0. The summed E-state index contributed by atoms with van der Waals surface area (Å²) in [5, 5.41) is 0. The second kappa shape index (κ2) is 38.8. The summed E-state index contributed by atoms with van der Waals surface area (Å²) in [5.74, 6) is -0.618. The summed E-state index contributed by atoms with van der Waals surface area (Å²) in [6.45, 7) is 8.54. The number of thiol groups is 3. The van der Waals surface area contributed by atoms with Crippen LogP contribution in [0.5, 0.6) is 0 Å². The van der Waals surface area contributed by atoms with Crippen molar-refractivity contribution in [3.63, 3.8) is 0 Å². The van der Waals surface area contributed by atoms with E-state index in [1.54, 1.807) is 0 Å². The van der Waals surface area contributed by atoms with Crippen molar-refractivity contribution in [2.24, 2.45) is 17.8 Å². The quantitative estimate of drug-likeness (QED) is 0.0323. The van der Waals surface area contributed by atoms with Gasteiger partial charge in [0, 0.05) is 0 Å². The summed E-state index contributed by atoms with van der Waals surface area (Å²) < 4.78 is 19.2. The van der Waals surface area contributed by atoms with Crippen LogP contribution in [-0.4, -0.2) is 54.8 Å². The number of hydrogen-bond acceptors (Lipinski definition) is 9. The van der Waals surface area contributed by atoms with E-state index in [2.05, 4.69) is 58.7 Å². The molecular weight excluding hydrogens is 839 g/mol. The number of rotatable bonds is 40. The van der Waals surface area contributed by atoms with E-state index < -0.39 is 37.5 Å². The smallest absolute Gasteiger partial charge is 0.0654 e. The molecule has 0 aliphatic heterocycles. The molecule has 0 aromatic heterocycles. The van der Waals surface area contributed by atoms with E-state index in [4.69, 9.17) is 9.22 Å². The fourth-order valence-corrected chi connectivity index (χ4v) is 13.7. The molecule has 0 aromatic rings. The first-order valence-corrected chi connectivity index (χ1v) is 30.2. The van der Waals surface area contributed by atoms with E-state index in [0.29, 0.717) is 55.8 Å². The third-order valence-corrected chi connectivity index (χ3v) is 18.5. The summed E-state index contributed by atoms with van der Waals surface area (Å²) in [6.07, 6.45) is 32.3. The van der Waals surface area contributed by atoms with Gasteiger partial charge in [0.15, 0.2) is 0 Å². The van der Waals surface area contributed by atoms with Crippen molar-refractivity contribution in [2.75, 3.05) is 17.3 Å². The molecule has 0 amide bonds. The van der Waals surface area contributed by atoms with Crippen LogP contribution in [0.1, 0.15) is 220 Å². The molecule has 0 radical (unpaired) electrons. The van der Waals surface area contributed by atoms with Crippen molar-refractivity contribution in [2.45, 2.75) is 225 Å². The molecule has 54 heavy (non-hydrogen) atoms. The summed E-state index contributed by atoms with van der Waals surface area (Å²) >= 11 is 8.33. The predicted octanol–water partition coefficient (Wildman–Crippen LogP) is 14.0. The van der Waals surface area contributed by atoms with E-state index >= 15 is 0 Å². The molecule has 0 bridgehead atoms. The van der Waals surface area contributed by atoms with Gasteiger partial charge in [-0.2, -0.15) is 0 Å². The number of carbonyl (C=O) groups excluding carboxylic acids is 3. The van der Waals surface area contributed by atoms with Gasteiger partial charge >= 0.3 is 338 Å². The molecule has 0 rings (SSSR count). The van der Waals surface area contributed by atoms with Crippen molar-refractivity contribution in [3.05, 3.63) is 0 Å². The monoisotopic (exact) mass is 926 g/mol. The average Bonchev–Trinajstić information content (AvgIpc) is 3.16. The molecule has 3 atom stereocenters. The number of hydrogen-bond donors (Lipinski definition) is 3. The number of carbonyl (C=O) groups is 3. The van der Waals surface area contributed by atoms with Crippen molar-refractivity contribution in [1.82, 2.24) is 0 Å². The van der Waals surface area contributed by atoms with E-state index in [0.717, 1.165) is 57.8 Å². The minimum absolute atomic E-state index is 0.222. The van der Waals surface area contributed by atoms with Gasteiger partial charge in [0.25, 0.3) is 0 Å². The Morgan fingerprint density at radius 1 is 0.370 bits per heavy atom. The molecule has 0 saturated carbocycles. The van der Waals surface area contributed by atoms with Crippen LogP contribution in [0.25, 0.3) is 0 Å². The molecule has 0 aromatic carbocycles. The Bertz CT molecular complexity index is 787. The average molecular weight is 926 g/mol. The minimum atomic E-state index is -5.08. The molecule has 320 valence electrons. The zero-order chi connectivity index (χ0) is 40.1. The zero-order valence-electron chi connectivity index (χ0n) is 35.6. The molecule has 0 saturated heterocycles. The summed E-state index contributed by atoms with van der Waals surface area (Å²) in [5.41, 5.74) is 0. The third kappa shape index (κ3) is 28.6. The van der Waals surface area contributed by atoms with E-state index in [9.17, 15) is 14.4 Å². The maximum absolute atomic E-state index is 14.0. The van der Waals surface area contributed by atoms with Gasteiger partial charge in [0.1, 0.15) is 0 Å². The normalized spacial score (nSPS) is 14.3. The third-order valence-electron chi connectivity index (χ3n) is 10.9. The van der Waals surface area contributed by atoms with Gasteiger partial charge in [-0.1, -0.05) is 20.8 Å². The summed E-state index contributed by atoms with van der Waals surface area (Å²) in [4.78, 5) is 41.9. The van der Waals surface area contributed by atoms with Crippen molar-refractivity contribution in [1.29, 1.82) is 0 Å². The van der Waals surface area contributed by atoms with Crippen molar-refractivity contribution < 1.29 is 23.6 Å². The Morgan fingerprint density at radius 3 is 0.796 bits per heavy atom. The Kier molecular flexibility index (Phi) is 38.9. The summed E-state index contributed by atoms with van der Waals surface area (Å²) in [6, 6.07) is 0. The van der Waals surface area contributed by atoms with Gasteiger partial charge in [-0.3, -0.25) is 0 Å². The van der Waals surface area contributed by atoms with E-state index in [-0.39, 0.29) is 22.2 Å². The van der Waals surface area contributed by atoms with Crippen LogP contribution in [0.4, 0.5) is 0 Å². The molecule has 10 heteroatoms.